The van der Waals surface area contributed by atoms with Crippen molar-refractivity contribution in [3.05, 3.63) is 34.3 Å². The van der Waals surface area contributed by atoms with Crippen molar-refractivity contribution in [1.29, 1.82) is 0 Å². The van der Waals surface area contributed by atoms with Crippen molar-refractivity contribution in [2.75, 3.05) is 13.6 Å². The van der Waals surface area contributed by atoms with Gasteiger partial charge in [-0.2, -0.15) is 0 Å². The first-order valence-corrected chi connectivity index (χ1v) is 7.23. The number of nitrogens with one attached hydrogen (secondary N) is 1. The first kappa shape index (κ1) is 16.5. The van der Waals surface area contributed by atoms with Crippen LogP contribution < -0.4 is 5.32 Å². The van der Waals surface area contributed by atoms with E-state index in [4.69, 9.17) is 5.11 Å². The Balaban J connectivity index is 2.27. The van der Waals surface area contributed by atoms with Crippen LogP contribution >= 0.6 is 15.9 Å². The van der Waals surface area contributed by atoms with E-state index in [-0.39, 0.29) is 12.5 Å². The second-order valence-corrected chi connectivity index (χ2v) is 5.48. The van der Waals surface area contributed by atoms with Crippen molar-refractivity contribution in [2.45, 2.75) is 25.8 Å². The average Bonchev–Trinajstić information content (AvgIpc) is 2.37. The molecule has 0 aromatic heterocycles. The fourth-order valence-corrected chi connectivity index (χ4v) is 2.16. The molecule has 0 fully saturated rings. The highest BCUT2D eigenvalue weighted by Gasteiger charge is 2.08. The highest BCUT2D eigenvalue weighted by Crippen LogP contribution is 2.12. The predicted octanol–water partition coefficient (Wildman–Crippen LogP) is 2.85. The standard InChI is InChI=1S/C14H19BrN2O3/c1-17(10-11-5-4-6-12(15)9-11)14(20)16-8-3-2-7-13(18)19/h4-6,9H,2-3,7-8,10H2,1H3,(H,16,20)(H,18,19). The Morgan fingerprint density at radius 2 is 2.10 bits per heavy atom. The van der Waals surface area contributed by atoms with E-state index in [9.17, 15) is 9.59 Å². The maximum absolute atomic E-state index is 11.8. The molecule has 0 atom stereocenters. The van der Waals surface area contributed by atoms with Crippen LogP contribution in [0.2, 0.25) is 0 Å². The molecule has 0 unspecified atom stereocenters. The van der Waals surface area contributed by atoms with Crippen LogP contribution in [0.3, 0.4) is 0 Å². The van der Waals surface area contributed by atoms with Crippen LogP contribution in [0, 0.1) is 0 Å². The van der Waals surface area contributed by atoms with E-state index in [0.29, 0.717) is 25.9 Å². The number of carbonyl (C=O) groups excluding carboxylic acids is 1. The summed E-state index contributed by atoms with van der Waals surface area (Å²) in [6.07, 6.45) is 1.39. The van der Waals surface area contributed by atoms with Gasteiger partial charge in [-0.05, 0) is 30.5 Å². The Kier molecular flexibility index (Phi) is 7.08. The molecule has 1 aromatic carbocycles. The molecule has 0 saturated heterocycles. The number of carboxylic acids is 1. The maximum Gasteiger partial charge on any atom is 0.317 e. The minimum Gasteiger partial charge on any atom is -0.481 e. The Bertz CT molecular complexity index is 465. The van der Waals surface area contributed by atoms with Crippen molar-refractivity contribution >= 4 is 27.9 Å². The second-order valence-electron chi connectivity index (χ2n) is 4.57. The number of halogens is 1. The topological polar surface area (TPSA) is 69.6 Å². The molecule has 20 heavy (non-hydrogen) atoms. The third kappa shape index (κ3) is 6.56. The Morgan fingerprint density at radius 1 is 1.35 bits per heavy atom. The molecular formula is C14H19BrN2O3. The summed E-state index contributed by atoms with van der Waals surface area (Å²) in [6.45, 7) is 1.02. The van der Waals surface area contributed by atoms with Gasteiger partial charge in [0.25, 0.3) is 0 Å². The van der Waals surface area contributed by atoms with E-state index in [1.165, 1.54) is 0 Å². The number of urea groups is 1. The third-order valence-corrected chi connectivity index (χ3v) is 3.24. The van der Waals surface area contributed by atoms with E-state index in [2.05, 4.69) is 21.2 Å². The van der Waals surface area contributed by atoms with Gasteiger partial charge < -0.3 is 15.3 Å². The zero-order valence-electron chi connectivity index (χ0n) is 11.4. The summed E-state index contributed by atoms with van der Waals surface area (Å²) in [5.74, 6) is -0.803. The first-order valence-electron chi connectivity index (χ1n) is 6.44. The van der Waals surface area contributed by atoms with E-state index in [1.807, 2.05) is 24.3 Å². The average molecular weight is 343 g/mol. The summed E-state index contributed by atoms with van der Waals surface area (Å²) in [4.78, 5) is 23.7. The number of benzene rings is 1. The van der Waals surface area contributed by atoms with Crippen LogP contribution in [-0.2, 0) is 11.3 Å². The van der Waals surface area contributed by atoms with Crippen LogP contribution in [0.25, 0.3) is 0 Å². The highest BCUT2D eigenvalue weighted by molar-refractivity contribution is 9.10. The minimum atomic E-state index is -0.803. The monoisotopic (exact) mass is 342 g/mol. The molecule has 110 valence electrons. The Morgan fingerprint density at radius 3 is 2.75 bits per heavy atom. The van der Waals surface area contributed by atoms with Gasteiger partial charge in [0.2, 0.25) is 0 Å². The maximum atomic E-state index is 11.8. The summed E-state index contributed by atoms with van der Waals surface area (Å²) in [5, 5.41) is 11.3. The molecule has 2 N–H and O–H groups in total. The molecule has 1 rings (SSSR count). The zero-order chi connectivity index (χ0) is 15.0. The molecule has 0 aliphatic heterocycles. The predicted molar refractivity (Wildman–Crippen MR) is 80.5 cm³/mol. The smallest absolute Gasteiger partial charge is 0.317 e. The molecule has 0 heterocycles. The normalized spacial score (nSPS) is 10.1. The van der Waals surface area contributed by atoms with Crippen molar-refractivity contribution in [3.8, 4) is 0 Å². The van der Waals surface area contributed by atoms with Crippen LogP contribution in [0.15, 0.2) is 28.7 Å². The lowest BCUT2D eigenvalue weighted by molar-refractivity contribution is -0.137. The van der Waals surface area contributed by atoms with Crippen molar-refractivity contribution in [1.82, 2.24) is 10.2 Å². The zero-order valence-corrected chi connectivity index (χ0v) is 13.0. The van der Waals surface area contributed by atoms with Gasteiger partial charge in [-0.15, -0.1) is 0 Å². The fraction of sp³-hybridized carbons (Fsp3) is 0.429. The number of nitrogens with zero attached hydrogens (tertiary/aromatic N) is 1. The van der Waals surface area contributed by atoms with Gasteiger partial charge in [0.1, 0.15) is 0 Å². The molecule has 0 spiro atoms. The molecule has 0 aliphatic rings. The van der Waals surface area contributed by atoms with Gasteiger partial charge in [-0.3, -0.25) is 4.79 Å². The number of carboxylic acid groups (broad SMARTS) is 1. The number of hydrogen-bond acceptors (Lipinski definition) is 2. The van der Waals surface area contributed by atoms with Crippen LogP contribution in [0.4, 0.5) is 4.79 Å². The van der Waals surface area contributed by atoms with Crippen molar-refractivity contribution in [2.24, 2.45) is 0 Å². The summed E-state index contributed by atoms with van der Waals surface area (Å²) < 4.78 is 0.984. The second kappa shape index (κ2) is 8.58. The van der Waals surface area contributed by atoms with Crippen LogP contribution in [0.1, 0.15) is 24.8 Å². The largest absolute Gasteiger partial charge is 0.481 e. The van der Waals surface area contributed by atoms with Crippen molar-refractivity contribution in [3.63, 3.8) is 0 Å². The molecule has 0 radical (unpaired) electrons. The summed E-state index contributed by atoms with van der Waals surface area (Å²) in [7, 11) is 1.73. The summed E-state index contributed by atoms with van der Waals surface area (Å²) in [6, 6.07) is 7.64. The molecular weight excluding hydrogens is 324 g/mol. The van der Waals surface area contributed by atoms with Crippen molar-refractivity contribution < 1.29 is 14.7 Å². The van der Waals surface area contributed by atoms with Gasteiger partial charge in [0, 0.05) is 31.0 Å². The van der Waals surface area contributed by atoms with Crippen LogP contribution in [0.5, 0.6) is 0 Å². The number of amides is 2. The lowest BCUT2D eigenvalue weighted by atomic mass is 10.2. The number of rotatable bonds is 7. The fourth-order valence-electron chi connectivity index (χ4n) is 1.71. The van der Waals surface area contributed by atoms with Gasteiger partial charge in [-0.1, -0.05) is 28.1 Å². The molecule has 2 amide bonds. The first-order chi connectivity index (χ1) is 9.49. The number of aliphatic carboxylic acids is 1. The molecule has 1 aromatic rings. The van der Waals surface area contributed by atoms with Crippen LogP contribution in [-0.4, -0.2) is 35.6 Å². The number of unbranched alkanes of at least 4 members (excludes halogenated alkanes) is 1. The minimum absolute atomic E-state index is 0.143. The van der Waals surface area contributed by atoms with E-state index in [0.717, 1.165) is 10.0 Å². The van der Waals surface area contributed by atoms with Gasteiger partial charge in [0.15, 0.2) is 0 Å². The molecule has 0 aliphatic carbocycles. The third-order valence-electron chi connectivity index (χ3n) is 2.75. The molecule has 6 heteroatoms. The Hall–Kier alpha value is -1.56. The van der Waals surface area contributed by atoms with Gasteiger partial charge >= 0.3 is 12.0 Å². The number of hydrogen-bond donors (Lipinski definition) is 2. The molecule has 0 bridgehead atoms. The SMILES string of the molecule is CN(Cc1cccc(Br)c1)C(=O)NCCCCC(=O)O. The summed E-state index contributed by atoms with van der Waals surface area (Å²) >= 11 is 3.39. The highest BCUT2D eigenvalue weighted by atomic mass is 79.9. The van der Waals surface area contributed by atoms with Gasteiger partial charge in [-0.25, -0.2) is 4.79 Å². The molecule has 5 nitrogen and oxygen atoms in total. The quantitative estimate of drug-likeness (QED) is 0.748. The summed E-state index contributed by atoms with van der Waals surface area (Å²) in [5.41, 5.74) is 1.04. The van der Waals surface area contributed by atoms with E-state index >= 15 is 0 Å². The van der Waals surface area contributed by atoms with E-state index < -0.39 is 5.97 Å². The van der Waals surface area contributed by atoms with E-state index in [1.54, 1.807) is 11.9 Å². The Labute approximate surface area is 127 Å². The van der Waals surface area contributed by atoms with Gasteiger partial charge in [0.05, 0.1) is 0 Å². The lowest BCUT2D eigenvalue weighted by Gasteiger charge is -2.18. The molecule has 0 saturated carbocycles. The lowest BCUT2D eigenvalue weighted by Crippen LogP contribution is -2.37. The number of carbonyl (C=O) groups is 2.